The van der Waals surface area contributed by atoms with Crippen LogP contribution < -0.4 is 0 Å². The van der Waals surface area contributed by atoms with Gasteiger partial charge in [-0.1, -0.05) is 0 Å². The lowest BCUT2D eigenvalue weighted by molar-refractivity contribution is 0.552. The Balaban J connectivity index is 1.60. The zero-order valence-corrected chi connectivity index (χ0v) is 17.2. The Labute approximate surface area is 160 Å². The first-order valence-electron chi connectivity index (χ1n) is 8.31. The van der Waals surface area contributed by atoms with Gasteiger partial charge in [0.05, 0.1) is 11.5 Å². The minimum atomic E-state index is -2.88. The summed E-state index contributed by atoms with van der Waals surface area (Å²) in [6, 6.07) is 0. The Morgan fingerprint density at radius 2 is 2.12 bits per heavy atom. The third kappa shape index (κ3) is 3.25. The van der Waals surface area contributed by atoms with E-state index in [2.05, 4.69) is 34.0 Å². The summed E-state index contributed by atoms with van der Waals surface area (Å²) in [5.41, 5.74) is 1.20. The van der Waals surface area contributed by atoms with Crippen LogP contribution in [-0.2, 0) is 23.3 Å². The van der Waals surface area contributed by atoms with E-state index in [1.54, 1.807) is 17.7 Å². The molecule has 1 atom stereocenters. The number of sulfone groups is 1. The van der Waals surface area contributed by atoms with E-state index >= 15 is 0 Å². The van der Waals surface area contributed by atoms with Gasteiger partial charge in [0.2, 0.25) is 0 Å². The predicted octanol–water partition coefficient (Wildman–Crippen LogP) is 2.57. The van der Waals surface area contributed by atoms with Crippen LogP contribution in [0.3, 0.4) is 0 Å². The van der Waals surface area contributed by atoms with Crippen LogP contribution in [0, 0.1) is 19.8 Å². The maximum Gasteiger partial charge on any atom is 0.197 e. The molecule has 0 amide bonds. The van der Waals surface area contributed by atoms with E-state index in [-0.39, 0.29) is 17.4 Å². The average Bonchev–Trinajstić information content (AvgIpc) is 3.20. The number of rotatable bonds is 4. The topological polar surface area (TPSA) is 90.6 Å². The number of fused-ring (bicyclic) bond motifs is 1. The lowest BCUT2D eigenvalue weighted by Gasteiger charge is -2.07. The summed E-state index contributed by atoms with van der Waals surface area (Å²) < 4.78 is 25.3. The van der Waals surface area contributed by atoms with Gasteiger partial charge in [0.1, 0.15) is 22.0 Å². The maximum atomic E-state index is 11.7. The zero-order valence-electron chi connectivity index (χ0n) is 14.8. The summed E-state index contributed by atoms with van der Waals surface area (Å²) in [6.45, 7) is 4.18. The summed E-state index contributed by atoms with van der Waals surface area (Å²) in [4.78, 5) is 11.0. The molecule has 4 heterocycles. The van der Waals surface area contributed by atoms with Gasteiger partial charge in [-0.15, -0.1) is 21.5 Å². The molecule has 1 saturated heterocycles. The minimum Gasteiger partial charge on any atom is -0.309 e. The van der Waals surface area contributed by atoms with Crippen LogP contribution in [0.2, 0.25) is 0 Å². The summed E-state index contributed by atoms with van der Waals surface area (Å²) in [6.07, 6.45) is 2.93. The largest absolute Gasteiger partial charge is 0.309 e. The molecule has 1 fully saturated rings. The fourth-order valence-corrected chi connectivity index (χ4v) is 7.09. The summed E-state index contributed by atoms with van der Waals surface area (Å²) in [7, 11) is -0.954. The van der Waals surface area contributed by atoms with Crippen molar-refractivity contribution in [2.45, 2.75) is 36.9 Å². The SMILES string of the molecule is Cc1sc2ncnc(Sc3nnc(CC4CCS(=O)(=O)C4)n3C)c2c1C. The number of nitrogens with zero attached hydrogens (tertiary/aromatic N) is 5. The predicted molar refractivity (Wildman–Crippen MR) is 102 cm³/mol. The molecule has 3 aromatic rings. The van der Waals surface area contributed by atoms with E-state index in [4.69, 9.17) is 0 Å². The molecule has 0 aromatic carbocycles. The fraction of sp³-hybridized carbons (Fsp3) is 0.500. The van der Waals surface area contributed by atoms with Crippen molar-refractivity contribution in [3.63, 3.8) is 0 Å². The molecule has 0 N–H and O–H groups in total. The van der Waals surface area contributed by atoms with E-state index in [1.165, 1.54) is 22.2 Å². The third-order valence-corrected chi connectivity index (χ3v) is 8.83. The van der Waals surface area contributed by atoms with Gasteiger partial charge in [0.15, 0.2) is 15.0 Å². The van der Waals surface area contributed by atoms with Gasteiger partial charge in [0, 0.05) is 23.7 Å². The molecule has 10 heteroatoms. The van der Waals surface area contributed by atoms with Crippen molar-refractivity contribution >= 4 is 43.2 Å². The van der Waals surface area contributed by atoms with Crippen LogP contribution in [0.1, 0.15) is 22.7 Å². The molecule has 0 radical (unpaired) electrons. The number of aromatic nitrogens is 5. The second-order valence-corrected chi connectivity index (χ2v) is 11.1. The van der Waals surface area contributed by atoms with Crippen molar-refractivity contribution in [2.75, 3.05) is 11.5 Å². The van der Waals surface area contributed by atoms with Crippen LogP contribution in [0.15, 0.2) is 16.5 Å². The highest BCUT2D eigenvalue weighted by molar-refractivity contribution is 7.99. The van der Waals surface area contributed by atoms with Gasteiger partial charge in [0.25, 0.3) is 0 Å². The van der Waals surface area contributed by atoms with Gasteiger partial charge in [-0.25, -0.2) is 18.4 Å². The number of aryl methyl sites for hydroxylation is 2. The van der Waals surface area contributed by atoms with Gasteiger partial charge in [-0.05, 0) is 43.5 Å². The quantitative estimate of drug-likeness (QED) is 0.612. The fourth-order valence-electron chi connectivity index (χ4n) is 3.22. The molecule has 26 heavy (non-hydrogen) atoms. The van der Waals surface area contributed by atoms with Gasteiger partial charge < -0.3 is 4.57 Å². The number of hydrogen-bond donors (Lipinski definition) is 0. The molecule has 0 bridgehead atoms. The highest BCUT2D eigenvalue weighted by Gasteiger charge is 2.29. The van der Waals surface area contributed by atoms with Crippen molar-refractivity contribution in [1.29, 1.82) is 0 Å². The Kier molecular flexibility index (Phi) is 4.52. The van der Waals surface area contributed by atoms with E-state index in [0.29, 0.717) is 12.8 Å². The van der Waals surface area contributed by atoms with Crippen molar-refractivity contribution < 1.29 is 8.42 Å². The normalized spacial score (nSPS) is 19.4. The molecule has 3 aromatic heterocycles. The molecule has 0 saturated carbocycles. The molecule has 0 spiro atoms. The van der Waals surface area contributed by atoms with Gasteiger partial charge in [-0.2, -0.15) is 0 Å². The Hall–Kier alpha value is -1.52. The molecule has 0 aliphatic carbocycles. The van der Waals surface area contributed by atoms with Crippen LogP contribution in [0.4, 0.5) is 0 Å². The van der Waals surface area contributed by atoms with Gasteiger partial charge in [-0.3, -0.25) is 0 Å². The Morgan fingerprint density at radius 1 is 1.31 bits per heavy atom. The van der Waals surface area contributed by atoms with Crippen LogP contribution in [0.25, 0.3) is 10.2 Å². The highest BCUT2D eigenvalue weighted by atomic mass is 32.2. The first-order valence-corrected chi connectivity index (χ1v) is 11.8. The second kappa shape index (κ2) is 6.58. The van der Waals surface area contributed by atoms with E-state index in [0.717, 1.165) is 26.2 Å². The van der Waals surface area contributed by atoms with Crippen molar-refractivity contribution in [3.8, 4) is 0 Å². The third-order valence-electron chi connectivity index (χ3n) is 4.84. The molecule has 138 valence electrons. The minimum absolute atomic E-state index is 0.133. The summed E-state index contributed by atoms with van der Waals surface area (Å²) in [5.74, 6) is 1.49. The van der Waals surface area contributed by atoms with Crippen LogP contribution in [-0.4, -0.2) is 44.7 Å². The zero-order chi connectivity index (χ0) is 18.5. The molecule has 4 rings (SSSR count). The maximum absolute atomic E-state index is 11.7. The van der Waals surface area contributed by atoms with E-state index < -0.39 is 9.84 Å². The number of hydrogen-bond acceptors (Lipinski definition) is 8. The molecule has 7 nitrogen and oxygen atoms in total. The van der Waals surface area contributed by atoms with Crippen molar-refractivity contribution in [1.82, 2.24) is 24.7 Å². The Morgan fingerprint density at radius 3 is 2.85 bits per heavy atom. The molecular weight excluding hydrogens is 390 g/mol. The van der Waals surface area contributed by atoms with E-state index in [9.17, 15) is 8.42 Å². The summed E-state index contributed by atoms with van der Waals surface area (Å²) in [5, 5.41) is 11.3. The summed E-state index contributed by atoms with van der Waals surface area (Å²) >= 11 is 3.15. The molecule has 1 aliphatic rings. The number of thiophene rings is 1. The molecule has 1 aliphatic heterocycles. The Bertz CT molecular complexity index is 1090. The van der Waals surface area contributed by atoms with Gasteiger partial charge >= 0.3 is 0 Å². The first-order chi connectivity index (χ1) is 12.3. The highest BCUT2D eigenvalue weighted by Crippen LogP contribution is 2.37. The first kappa shape index (κ1) is 17.9. The van der Waals surface area contributed by atoms with E-state index in [1.807, 2.05) is 11.6 Å². The van der Waals surface area contributed by atoms with Crippen molar-refractivity contribution in [3.05, 3.63) is 22.6 Å². The molecule has 1 unspecified atom stereocenters. The second-order valence-electron chi connectivity index (χ2n) is 6.68. The lowest BCUT2D eigenvalue weighted by Crippen LogP contribution is -2.11. The smallest absolute Gasteiger partial charge is 0.197 e. The van der Waals surface area contributed by atoms with Crippen LogP contribution >= 0.6 is 23.1 Å². The average molecular weight is 410 g/mol. The van der Waals surface area contributed by atoms with Crippen molar-refractivity contribution in [2.24, 2.45) is 13.0 Å². The van der Waals surface area contributed by atoms with Crippen LogP contribution in [0.5, 0.6) is 0 Å². The lowest BCUT2D eigenvalue weighted by atomic mass is 10.1. The standard InChI is InChI=1S/C16H19N5O2S3/c1-9-10(2)24-14-13(9)15(18-8-17-14)25-16-20-19-12(21(16)3)6-11-4-5-26(22,23)7-11/h8,11H,4-7H2,1-3H3. The monoisotopic (exact) mass is 409 g/mol. The molecular formula is C16H19N5O2S3.